The van der Waals surface area contributed by atoms with Crippen LogP contribution < -0.4 is 4.74 Å². The molecule has 3 N–H and O–H groups in total. The predicted molar refractivity (Wildman–Crippen MR) is 144 cm³/mol. The van der Waals surface area contributed by atoms with Crippen LogP contribution in [0.2, 0.25) is 0 Å². The lowest BCUT2D eigenvalue weighted by Crippen LogP contribution is -2.82. The van der Waals surface area contributed by atoms with Crippen LogP contribution in [0.25, 0.3) is 6.08 Å². The standard InChI is InChI=1S/C31H38N2O6/c1-17-18(2)24(38-19(17)3)9-10-26(35)32(4)22-11-12-31(36)25-15-21-7-8-23(34)28-27(21)30(31,29(22)39-28)13-14-33(25,37)16-20-5-6-20/h7-10,20,22,25,29,36-37H,5-6,11-16H2,1-4H3/p+1/b10-9+/t22-,25+,29-,30-,31+,33?/m0/s1. The Morgan fingerprint density at radius 3 is 2.64 bits per heavy atom. The topological polar surface area (TPSA) is 103 Å². The van der Waals surface area contributed by atoms with Crippen molar-refractivity contribution < 1.29 is 34.0 Å². The van der Waals surface area contributed by atoms with E-state index in [4.69, 9.17) is 9.15 Å². The first-order valence-corrected chi connectivity index (χ1v) is 14.4. The van der Waals surface area contributed by atoms with Crippen LogP contribution >= 0.6 is 0 Å². The summed E-state index contributed by atoms with van der Waals surface area (Å²) in [6, 6.07) is 2.93. The second-order valence-corrected chi connectivity index (χ2v) is 12.8. The number of aliphatic hydroxyl groups is 1. The maximum absolute atomic E-state index is 13.5. The monoisotopic (exact) mass is 535 g/mol. The molecular formula is C31H39N2O6+. The fourth-order valence-electron chi connectivity index (χ4n) is 8.51. The lowest BCUT2D eigenvalue weighted by Gasteiger charge is -2.64. The van der Waals surface area contributed by atoms with Crippen LogP contribution in [-0.4, -0.2) is 74.8 Å². The molecule has 2 saturated carbocycles. The van der Waals surface area contributed by atoms with E-state index >= 15 is 0 Å². The third-order valence-corrected chi connectivity index (χ3v) is 11.0. The summed E-state index contributed by atoms with van der Waals surface area (Å²) in [5.41, 5.74) is 2.04. The van der Waals surface area contributed by atoms with Crippen molar-refractivity contribution in [3.05, 3.63) is 52.0 Å². The number of quaternary nitrogens is 1. The molecule has 208 valence electrons. The van der Waals surface area contributed by atoms with Gasteiger partial charge in [0.25, 0.3) is 0 Å². The summed E-state index contributed by atoms with van der Waals surface area (Å²) >= 11 is 0. The summed E-state index contributed by atoms with van der Waals surface area (Å²) in [6.45, 7) is 7.11. The summed E-state index contributed by atoms with van der Waals surface area (Å²) in [5.74, 6) is 2.37. The largest absolute Gasteiger partial charge is 0.504 e. The molecule has 5 aliphatic rings. The van der Waals surface area contributed by atoms with Gasteiger partial charge in [0.05, 0.1) is 11.5 Å². The first-order chi connectivity index (χ1) is 18.5. The second-order valence-electron chi connectivity index (χ2n) is 12.8. The third-order valence-electron chi connectivity index (χ3n) is 11.0. The van der Waals surface area contributed by atoms with Crippen LogP contribution in [0.1, 0.15) is 65.9 Å². The zero-order valence-electron chi connectivity index (χ0n) is 23.2. The quantitative estimate of drug-likeness (QED) is 0.396. The lowest BCUT2D eigenvalue weighted by molar-refractivity contribution is -1.13. The molecule has 8 nitrogen and oxygen atoms in total. The number of piperidine rings is 1. The SMILES string of the molecule is Cc1oc(/C=C/C(=O)N(C)[C@H]2CC[C@@]3(O)[C@H]4Cc5ccc(O)c6c5[C@@]3(CC[N+]4(O)CC3CC3)[C@H]2O6)c(C)c1C. The fourth-order valence-corrected chi connectivity index (χ4v) is 8.51. The van der Waals surface area contributed by atoms with E-state index in [1.807, 2.05) is 26.8 Å². The molecule has 1 aromatic carbocycles. The smallest absolute Gasteiger partial charge is 0.246 e. The van der Waals surface area contributed by atoms with Gasteiger partial charge in [0.2, 0.25) is 5.91 Å². The number of furan rings is 1. The summed E-state index contributed by atoms with van der Waals surface area (Å²) in [7, 11) is 1.79. The molecule has 2 bridgehead atoms. The fraction of sp³-hybridized carbons (Fsp3) is 0.581. The number of nitrogens with zero attached hydrogens (tertiary/aromatic N) is 2. The molecule has 1 amide bonds. The minimum atomic E-state index is -1.19. The second kappa shape index (κ2) is 8.12. The molecule has 1 aromatic heterocycles. The number of likely N-dealkylation sites (tertiary alicyclic amines) is 1. The Hall–Kier alpha value is -2.81. The Kier molecular flexibility index (Phi) is 5.24. The predicted octanol–water partition coefficient (Wildman–Crippen LogP) is 3.92. The van der Waals surface area contributed by atoms with Gasteiger partial charge in [0.15, 0.2) is 17.5 Å². The zero-order chi connectivity index (χ0) is 27.5. The van der Waals surface area contributed by atoms with Gasteiger partial charge in [-0.15, -0.1) is 0 Å². The lowest BCUT2D eigenvalue weighted by atomic mass is 9.48. The number of carbonyl (C=O) groups is 1. The first kappa shape index (κ1) is 25.2. The number of hydrogen-bond acceptors (Lipinski definition) is 6. The highest BCUT2D eigenvalue weighted by atomic mass is 16.6. The number of benzene rings is 1. The minimum Gasteiger partial charge on any atom is -0.504 e. The van der Waals surface area contributed by atoms with Crippen molar-refractivity contribution in [1.82, 2.24) is 4.90 Å². The number of rotatable bonds is 5. The molecule has 8 heteroatoms. The van der Waals surface area contributed by atoms with Crippen LogP contribution in [0.3, 0.4) is 0 Å². The highest BCUT2D eigenvalue weighted by Gasteiger charge is 2.77. The number of phenolic OH excluding ortho intramolecular Hbond substituents is 1. The number of hydroxylamine groups is 3. The van der Waals surface area contributed by atoms with E-state index in [1.165, 1.54) is 0 Å². The Morgan fingerprint density at radius 1 is 1.18 bits per heavy atom. The van der Waals surface area contributed by atoms with E-state index < -0.39 is 17.1 Å². The zero-order valence-corrected chi connectivity index (χ0v) is 23.2. The molecule has 6 atom stereocenters. The molecule has 1 unspecified atom stereocenters. The average Bonchev–Trinajstić information content (AvgIpc) is 3.58. The van der Waals surface area contributed by atoms with Crippen molar-refractivity contribution in [3.8, 4) is 11.5 Å². The highest BCUT2D eigenvalue weighted by Crippen LogP contribution is 2.66. The maximum Gasteiger partial charge on any atom is 0.246 e. The number of aromatic hydroxyl groups is 1. The number of ether oxygens (including phenoxy) is 1. The molecule has 39 heavy (non-hydrogen) atoms. The Bertz CT molecular complexity index is 1410. The van der Waals surface area contributed by atoms with E-state index in [0.29, 0.717) is 56.2 Å². The highest BCUT2D eigenvalue weighted by molar-refractivity contribution is 5.91. The van der Waals surface area contributed by atoms with Gasteiger partial charge in [-0.2, -0.15) is 4.65 Å². The van der Waals surface area contributed by atoms with Crippen molar-refractivity contribution in [2.45, 2.75) is 88.5 Å². The Morgan fingerprint density at radius 2 is 1.95 bits per heavy atom. The third kappa shape index (κ3) is 3.25. The van der Waals surface area contributed by atoms with Gasteiger partial charge in [-0.3, -0.25) is 4.79 Å². The van der Waals surface area contributed by atoms with E-state index in [2.05, 4.69) is 0 Å². The average molecular weight is 536 g/mol. The normalized spacial score (nSPS) is 36.1. The molecule has 7 rings (SSSR count). The molecule has 1 saturated heterocycles. The van der Waals surface area contributed by atoms with Crippen molar-refractivity contribution in [1.29, 1.82) is 0 Å². The van der Waals surface area contributed by atoms with Crippen molar-refractivity contribution in [2.75, 3.05) is 20.1 Å². The molecule has 3 fully saturated rings. The molecule has 3 aliphatic carbocycles. The molecule has 1 spiro atoms. The van der Waals surface area contributed by atoms with Crippen molar-refractivity contribution in [2.24, 2.45) is 5.92 Å². The Labute approximate surface area is 229 Å². The molecule has 2 aromatic rings. The van der Waals surface area contributed by atoms with Gasteiger partial charge in [-0.25, -0.2) is 5.21 Å². The number of phenols is 1. The number of carbonyl (C=O) groups excluding carboxylic acids is 1. The van der Waals surface area contributed by atoms with E-state index in [-0.39, 0.29) is 28.4 Å². The van der Waals surface area contributed by atoms with Gasteiger partial charge in [0.1, 0.15) is 36.3 Å². The van der Waals surface area contributed by atoms with Crippen LogP contribution in [0.15, 0.2) is 22.6 Å². The summed E-state index contributed by atoms with van der Waals surface area (Å²) < 4.78 is 12.3. The van der Waals surface area contributed by atoms with Gasteiger partial charge in [-0.05, 0) is 75.3 Å². The first-order valence-electron chi connectivity index (χ1n) is 14.4. The molecule has 2 aliphatic heterocycles. The summed E-state index contributed by atoms with van der Waals surface area (Å²) in [6.07, 6.45) is 7.11. The Balaban J connectivity index is 1.26. The van der Waals surface area contributed by atoms with E-state index in [1.54, 1.807) is 30.2 Å². The number of aryl methyl sites for hydroxylation is 1. The van der Waals surface area contributed by atoms with E-state index in [9.17, 15) is 20.2 Å². The molecule has 0 radical (unpaired) electrons. The number of amides is 1. The van der Waals surface area contributed by atoms with Crippen LogP contribution in [0, 0.1) is 26.7 Å². The summed E-state index contributed by atoms with van der Waals surface area (Å²) in [4.78, 5) is 15.2. The maximum atomic E-state index is 13.5. The van der Waals surface area contributed by atoms with E-state index in [0.717, 1.165) is 40.9 Å². The van der Waals surface area contributed by atoms with Gasteiger partial charge in [-0.1, -0.05) is 6.07 Å². The molecule has 3 heterocycles. The van der Waals surface area contributed by atoms with Crippen LogP contribution in [0.4, 0.5) is 0 Å². The number of likely N-dealkylation sites (N-methyl/N-ethyl adjacent to an activating group) is 1. The van der Waals surface area contributed by atoms with Gasteiger partial charge < -0.3 is 24.3 Å². The number of hydrogen-bond donors (Lipinski definition) is 3. The van der Waals surface area contributed by atoms with Crippen molar-refractivity contribution in [3.63, 3.8) is 0 Å². The summed E-state index contributed by atoms with van der Waals surface area (Å²) in [5, 5.41) is 35.5. The van der Waals surface area contributed by atoms with Gasteiger partial charge in [0, 0.05) is 37.4 Å². The van der Waals surface area contributed by atoms with Crippen LogP contribution in [-0.2, 0) is 16.6 Å². The van der Waals surface area contributed by atoms with Crippen molar-refractivity contribution >= 4 is 12.0 Å². The molecular weight excluding hydrogens is 496 g/mol. The minimum absolute atomic E-state index is 0.0679. The van der Waals surface area contributed by atoms with Gasteiger partial charge >= 0.3 is 0 Å². The van der Waals surface area contributed by atoms with Crippen LogP contribution in [0.5, 0.6) is 11.5 Å².